The van der Waals surface area contributed by atoms with Gasteiger partial charge in [-0.2, -0.15) is 0 Å². The Kier molecular flexibility index (Phi) is 2.42. The smallest absolute Gasteiger partial charge is 0.289 e. The van der Waals surface area contributed by atoms with Crippen LogP contribution >= 0.6 is 0 Å². The number of aromatic nitrogens is 3. The molecule has 1 N–H and O–H groups in total. The molecule has 3 heterocycles. The zero-order valence-corrected chi connectivity index (χ0v) is 11.2. The van der Waals surface area contributed by atoms with Gasteiger partial charge in [0.05, 0.1) is 0 Å². The molecule has 4 rings (SSSR count). The molecule has 2 fully saturated rings. The Labute approximate surface area is 112 Å². The lowest BCUT2D eigenvalue weighted by molar-refractivity contribution is 0.0932. The Morgan fingerprint density at radius 3 is 2.79 bits per heavy atom. The van der Waals surface area contributed by atoms with Crippen LogP contribution in [0.5, 0.6) is 0 Å². The van der Waals surface area contributed by atoms with E-state index in [0.29, 0.717) is 23.7 Å². The summed E-state index contributed by atoms with van der Waals surface area (Å²) < 4.78 is 2.04. The van der Waals surface area contributed by atoms with Crippen molar-refractivity contribution in [3.05, 3.63) is 11.6 Å². The van der Waals surface area contributed by atoms with Crippen molar-refractivity contribution < 1.29 is 4.79 Å². The summed E-state index contributed by atoms with van der Waals surface area (Å²) in [6.07, 6.45) is 3.16. The minimum absolute atomic E-state index is 0.0500. The van der Waals surface area contributed by atoms with Gasteiger partial charge < -0.3 is 14.8 Å². The molecule has 0 aromatic carbocycles. The zero-order chi connectivity index (χ0) is 13.0. The van der Waals surface area contributed by atoms with Crippen LogP contribution in [0.15, 0.2) is 0 Å². The van der Waals surface area contributed by atoms with Crippen LogP contribution in [0.25, 0.3) is 0 Å². The molecule has 1 aromatic rings. The number of carbonyl (C=O) groups excluding carboxylic acids is 1. The molecule has 6 nitrogen and oxygen atoms in total. The van der Waals surface area contributed by atoms with Gasteiger partial charge in [0.15, 0.2) is 0 Å². The molecular weight excluding hydrogens is 242 g/mol. The van der Waals surface area contributed by atoms with Crippen molar-refractivity contribution in [1.82, 2.24) is 25.0 Å². The van der Waals surface area contributed by atoms with Crippen molar-refractivity contribution in [3.8, 4) is 0 Å². The zero-order valence-electron chi connectivity index (χ0n) is 11.2. The lowest BCUT2D eigenvalue weighted by Crippen LogP contribution is -2.33. The van der Waals surface area contributed by atoms with Gasteiger partial charge >= 0.3 is 0 Å². The van der Waals surface area contributed by atoms with Gasteiger partial charge in [0.2, 0.25) is 5.82 Å². The molecule has 3 aliphatic rings. The van der Waals surface area contributed by atoms with E-state index in [2.05, 4.69) is 27.5 Å². The highest BCUT2D eigenvalue weighted by atomic mass is 16.2. The van der Waals surface area contributed by atoms with Crippen LogP contribution in [0.2, 0.25) is 0 Å². The molecule has 1 saturated heterocycles. The summed E-state index contributed by atoms with van der Waals surface area (Å²) in [5.41, 5.74) is 0. The Morgan fingerprint density at radius 1 is 1.21 bits per heavy atom. The van der Waals surface area contributed by atoms with Gasteiger partial charge in [-0.15, -0.1) is 10.2 Å². The van der Waals surface area contributed by atoms with Gasteiger partial charge in [-0.25, -0.2) is 0 Å². The van der Waals surface area contributed by atoms with Gasteiger partial charge in [-0.05, 0) is 31.7 Å². The number of fused-ring (bicyclic) bond motifs is 2. The number of nitrogens with zero attached hydrogens (tertiary/aromatic N) is 4. The van der Waals surface area contributed by atoms with Crippen LogP contribution in [0.4, 0.5) is 0 Å². The van der Waals surface area contributed by atoms with E-state index < -0.39 is 0 Å². The largest absolute Gasteiger partial charge is 0.347 e. The van der Waals surface area contributed by atoms with E-state index in [4.69, 9.17) is 0 Å². The van der Waals surface area contributed by atoms with Gasteiger partial charge in [0, 0.05) is 32.1 Å². The van der Waals surface area contributed by atoms with Crippen LogP contribution in [0, 0.1) is 11.8 Å². The SMILES string of the molecule is CN1C[C@@H]2Cc3nnc(C(=O)NC4CC4)n3C[C@@H]2C1. The molecule has 19 heavy (non-hydrogen) atoms. The summed E-state index contributed by atoms with van der Waals surface area (Å²) in [7, 11) is 2.17. The highest BCUT2D eigenvalue weighted by molar-refractivity contribution is 5.91. The number of likely N-dealkylation sites (tertiary alicyclic amines) is 1. The molecule has 0 bridgehead atoms. The van der Waals surface area contributed by atoms with Crippen molar-refractivity contribution in [1.29, 1.82) is 0 Å². The van der Waals surface area contributed by atoms with E-state index in [-0.39, 0.29) is 5.91 Å². The van der Waals surface area contributed by atoms with Crippen molar-refractivity contribution in [2.75, 3.05) is 20.1 Å². The maximum atomic E-state index is 12.1. The van der Waals surface area contributed by atoms with Crippen molar-refractivity contribution in [2.24, 2.45) is 11.8 Å². The highest BCUT2D eigenvalue weighted by Gasteiger charge is 2.38. The monoisotopic (exact) mass is 261 g/mol. The predicted molar refractivity (Wildman–Crippen MR) is 68.7 cm³/mol. The molecule has 6 heteroatoms. The molecule has 1 aliphatic carbocycles. The maximum Gasteiger partial charge on any atom is 0.289 e. The summed E-state index contributed by atoms with van der Waals surface area (Å²) in [4.78, 5) is 14.5. The van der Waals surface area contributed by atoms with Crippen LogP contribution in [-0.2, 0) is 13.0 Å². The van der Waals surface area contributed by atoms with E-state index in [1.165, 1.54) is 0 Å². The minimum atomic E-state index is -0.0500. The predicted octanol–water partition coefficient (Wildman–Crippen LogP) is -0.0958. The summed E-state index contributed by atoms with van der Waals surface area (Å²) in [6, 6.07) is 0.370. The topological polar surface area (TPSA) is 63.1 Å². The van der Waals surface area contributed by atoms with Crippen LogP contribution < -0.4 is 5.32 Å². The Hall–Kier alpha value is -1.43. The van der Waals surface area contributed by atoms with Crippen molar-refractivity contribution in [3.63, 3.8) is 0 Å². The second-order valence-corrected chi connectivity index (χ2v) is 6.24. The number of carbonyl (C=O) groups is 1. The lowest BCUT2D eigenvalue weighted by atomic mass is 9.89. The number of amides is 1. The molecule has 1 saturated carbocycles. The summed E-state index contributed by atoms with van der Waals surface area (Å²) >= 11 is 0. The van der Waals surface area contributed by atoms with Crippen molar-refractivity contribution >= 4 is 5.91 Å². The fourth-order valence-electron chi connectivity index (χ4n) is 3.40. The second kappa shape index (κ2) is 4.03. The molecule has 2 aliphatic heterocycles. The molecule has 0 unspecified atom stereocenters. The van der Waals surface area contributed by atoms with Gasteiger partial charge in [0.25, 0.3) is 5.91 Å². The van der Waals surface area contributed by atoms with E-state index in [0.717, 1.165) is 44.7 Å². The third-order valence-electron chi connectivity index (χ3n) is 4.56. The average molecular weight is 261 g/mol. The fraction of sp³-hybridized carbons (Fsp3) is 0.769. The summed E-state index contributed by atoms with van der Waals surface area (Å²) in [5, 5.41) is 11.3. The average Bonchev–Trinajstić information content (AvgIpc) is 2.96. The summed E-state index contributed by atoms with van der Waals surface area (Å²) in [5.74, 6) is 2.76. The molecule has 2 atom stereocenters. The maximum absolute atomic E-state index is 12.1. The molecule has 0 spiro atoms. The van der Waals surface area contributed by atoms with E-state index in [9.17, 15) is 4.79 Å². The molecule has 1 aromatic heterocycles. The second-order valence-electron chi connectivity index (χ2n) is 6.24. The molecule has 102 valence electrons. The number of nitrogens with one attached hydrogen (secondary N) is 1. The minimum Gasteiger partial charge on any atom is -0.347 e. The first kappa shape index (κ1) is 11.4. The van der Waals surface area contributed by atoms with Crippen LogP contribution in [0.3, 0.4) is 0 Å². The first-order chi connectivity index (χ1) is 9.20. The van der Waals surface area contributed by atoms with Crippen LogP contribution in [0.1, 0.15) is 29.3 Å². The van der Waals surface area contributed by atoms with Gasteiger partial charge in [0.1, 0.15) is 5.82 Å². The van der Waals surface area contributed by atoms with E-state index in [1.807, 2.05) is 4.57 Å². The quantitative estimate of drug-likeness (QED) is 0.808. The molecular formula is C13H19N5O. The number of rotatable bonds is 2. The lowest BCUT2D eigenvalue weighted by Gasteiger charge is -2.25. The van der Waals surface area contributed by atoms with Crippen LogP contribution in [-0.4, -0.2) is 51.8 Å². The van der Waals surface area contributed by atoms with Gasteiger partial charge in [-0.1, -0.05) is 0 Å². The summed E-state index contributed by atoms with van der Waals surface area (Å²) in [6.45, 7) is 3.15. The highest BCUT2D eigenvalue weighted by Crippen LogP contribution is 2.31. The van der Waals surface area contributed by atoms with E-state index in [1.54, 1.807) is 0 Å². The number of hydrogen-bond donors (Lipinski definition) is 1. The van der Waals surface area contributed by atoms with Gasteiger partial charge in [-0.3, -0.25) is 4.79 Å². The first-order valence-corrected chi connectivity index (χ1v) is 7.12. The Balaban J connectivity index is 1.58. The third-order valence-corrected chi connectivity index (χ3v) is 4.56. The van der Waals surface area contributed by atoms with E-state index >= 15 is 0 Å². The Bertz CT molecular complexity index is 521. The fourth-order valence-corrected chi connectivity index (χ4v) is 3.40. The number of hydrogen-bond acceptors (Lipinski definition) is 4. The third kappa shape index (κ3) is 1.94. The standard InChI is InChI=1S/C13H19N5O/c1-17-5-8-4-11-15-16-12(13(19)14-10-2-3-10)18(11)7-9(8)6-17/h8-10H,2-7H2,1H3,(H,14,19)/t8-,9-/m0/s1. The first-order valence-electron chi connectivity index (χ1n) is 7.12. The Morgan fingerprint density at radius 2 is 2.00 bits per heavy atom. The molecule has 0 radical (unpaired) electrons. The van der Waals surface area contributed by atoms with Crippen molar-refractivity contribution in [2.45, 2.75) is 31.8 Å². The molecule has 1 amide bonds. The normalized spacial score (nSPS) is 29.9.